The molecular weight excluding hydrogens is 568 g/mol. The van der Waals surface area contributed by atoms with Gasteiger partial charge < -0.3 is 20.9 Å². The number of carbonyl (C=O) groups excluding carboxylic acids is 4. The number of hydrogen-bond donors (Lipinski definition) is 3. The van der Waals surface area contributed by atoms with E-state index in [1.165, 1.54) is 4.90 Å². The Labute approximate surface area is 265 Å². The van der Waals surface area contributed by atoms with Crippen molar-refractivity contribution in [2.45, 2.75) is 58.3 Å². The van der Waals surface area contributed by atoms with Gasteiger partial charge in [-0.15, -0.1) is 0 Å². The van der Waals surface area contributed by atoms with Gasteiger partial charge in [-0.2, -0.15) is 0 Å². The van der Waals surface area contributed by atoms with Crippen LogP contribution in [0.5, 0.6) is 0 Å². The van der Waals surface area contributed by atoms with Crippen LogP contribution in [0.1, 0.15) is 38.3 Å². The van der Waals surface area contributed by atoms with E-state index in [-0.39, 0.29) is 36.7 Å². The van der Waals surface area contributed by atoms with E-state index in [2.05, 4.69) is 20.9 Å². The normalized spacial score (nSPS) is 21.0. The lowest BCUT2D eigenvalue weighted by molar-refractivity contribution is -0.142. The van der Waals surface area contributed by atoms with Crippen LogP contribution in [-0.2, 0) is 32.1 Å². The van der Waals surface area contributed by atoms with Crippen molar-refractivity contribution in [1.29, 1.82) is 0 Å². The summed E-state index contributed by atoms with van der Waals surface area (Å²) in [7, 11) is 1.55. The molecule has 3 aromatic rings. The van der Waals surface area contributed by atoms with E-state index in [9.17, 15) is 19.2 Å². The molecule has 10 nitrogen and oxygen atoms in total. The average Bonchev–Trinajstić information content (AvgIpc) is 3.03. The lowest BCUT2D eigenvalue weighted by Gasteiger charge is -2.30. The van der Waals surface area contributed by atoms with Crippen LogP contribution in [0, 0.1) is 5.92 Å². The molecular formula is C35H44N6O4. The van der Waals surface area contributed by atoms with E-state index in [0.29, 0.717) is 25.9 Å². The summed E-state index contributed by atoms with van der Waals surface area (Å²) in [6, 6.07) is 20.8. The number of rotatable bonds is 7. The van der Waals surface area contributed by atoms with E-state index in [4.69, 9.17) is 0 Å². The first kappa shape index (κ1) is 33.3. The fourth-order valence-corrected chi connectivity index (χ4v) is 5.35. The van der Waals surface area contributed by atoms with Crippen molar-refractivity contribution in [3.8, 4) is 11.3 Å². The minimum atomic E-state index is -0.856. The van der Waals surface area contributed by atoms with Crippen molar-refractivity contribution >= 4 is 23.6 Å². The van der Waals surface area contributed by atoms with Crippen LogP contribution >= 0.6 is 0 Å². The molecule has 0 saturated carbocycles. The molecule has 0 spiro atoms. The SMILES string of the molecule is CC(C)C[C@@H]1NC(=O)CN(Cc2ccc(-c3ccccn3)cc2)CCNC(=O)[C@H](Cc2ccccc2)NC(=O)[C@H](C)N(C)C1=O. The summed E-state index contributed by atoms with van der Waals surface area (Å²) < 4.78 is 0. The Morgan fingerprint density at radius 1 is 0.844 bits per heavy atom. The van der Waals surface area contributed by atoms with Crippen molar-refractivity contribution in [3.63, 3.8) is 0 Å². The number of aromatic nitrogens is 1. The van der Waals surface area contributed by atoms with Crippen LogP contribution in [-0.4, -0.2) is 83.2 Å². The maximum Gasteiger partial charge on any atom is 0.245 e. The summed E-state index contributed by atoms with van der Waals surface area (Å²) >= 11 is 0. The maximum absolute atomic E-state index is 13.6. The average molecular weight is 613 g/mol. The first-order valence-corrected chi connectivity index (χ1v) is 15.5. The second-order valence-corrected chi connectivity index (χ2v) is 12.0. The first-order chi connectivity index (χ1) is 21.6. The predicted octanol–water partition coefficient (Wildman–Crippen LogP) is 2.79. The molecule has 1 aliphatic rings. The summed E-state index contributed by atoms with van der Waals surface area (Å²) in [4.78, 5) is 61.4. The van der Waals surface area contributed by atoms with Gasteiger partial charge in [0.15, 0.2) is 0 Å². The highest BCUT2D eigenvalue weighted by molar-refractivity contribution is 5.94. The van der Waals surface area contributed by atoms with E-state index >= 15 is 0 Å². The highest BCUT2D eigenvalue weighted by atomic mass is 16.2. The van der Waals surface area contributed by atoms with E-state index < -0.39 is 24.0 Å². The van der Waals surface area contributed by atoms with E-state index in [1.54, 1.807) is 20.2 Å². The lowest BCUT2D eigenvalue weighted by Crippen LogP contribution is -2.56. The first-order valence-electron chi connectivity index (χ1n) is 15.5. The van der Waals surface area contributed by atoms with Crippen molar-refractivity contribution in [2.24, 2.45) is 5.92 Å². The topological polar surface area (TPSA) is 124 Å². The lowest BCUT2D eigenvalue weighted by atomic mass is 10.0. The molecule has 1 aliphatic heterocycles. The number of nitrogens with zero attached hydrogens (tertiary/aromatic N) is 3. The number of amides is 4. The molecule has 45 heavy (non-hydrogen) atoms. The number of pyridine rings is 1. The van der Waals surface area contributed by atoms with Gasteiger partial charge in [-0.05, 0) is 42.5 Å². The van der Waals surface area contributed by atoms with Gasteiger partial charge in [0, 0.05) is 44.9 Å². The molecule has 2 heterocycles. The summed E-state index contributed by atoms with van der Waals surface area (Å²) in [5.41, 5.74) is 3.75. The smallest absolute Gasteiger partial charge is 0.245 e. The number of nitrogens with one attached hydrogen (secondary N) is 3. The highest BCUT2D eigenvalue weighted by Crippen LogP contribution is 2.18. The third-order valence-corrected chi connectivity index (χ3v) is 7.98. The number of likely N-dealkylation sites (N-methyl/N-ethyl adjacent to an activating group) is 1. The second kappa shape index (κ2) is 15.9. The van der Waals surface area contributed by atoms with Crippen LogP contribution in [0.3, 0.4) is 0 Å². The predicted molar refractivity (Wildman–Crippen MR) is 174 cm³/mol. The maximum atomic E-state index is 13.6. The number of benzene rings is 2. The minimum Gasteiger partial charge on any atom is -0.353 e. The van der Waals surface area contributed by atoms with Gasteiger partial charge in [-0.1, -0.05) is 74.5 Å². The molecule has 1 saturated heterocycles. The van der Waals surface area contributed by atoms with Crippen LogP contribution in [0.2, 0.25) is 0 Å². The Balaban J connectivity index is 1.58. The van der Waals surface area contributed by atoms with Gasteiger partial charge in [-0.25, -0.2) is 0 Å². The molecule has 238 valence electrons. The van der Waals surface area contributed by atoms with Crippen molar-refractivity contribution < 1.29 is 19.2 Å². The molecule has 0 radical (unpaired) electrons. The Hall–Kier alpha value is -4.57. The zero-order valence-electron chi connectivity index (χ0n) is 26.5. The Kier molecular flexibility index (Phi) is 11.8. The zero-order valence-corrected chi connectivity index (χ0v) is 26.5. The summed E-state index contributed by atoms with van der Waals surface area (Å²) in [6.07, 6.45) is 2.48. The van der Waals surface area contributed by atoms with Gasteiger partial charge in [0.1, 0.15) is 18.1 Å². The van der Waals surface area contributed by atoms with Crippen LogP contribution in [0.4, 0.5) is 0 Å². The van der Waals surface area contributed by atoms with Crippen molar-refractivity contribution in [1.82, 2.24) is 30.7 Å². The van der Waals surface area contributed by atoms with Gasteiger partial charge in [0.2, 0.25) is 23.6 Å². The molecule has 1 fully saturated rings. The minimum absolute atomic E-state index is 0.0314. The quantitative estimate of drug-likeness (QED) is 0.377. The standard InChI is InChI=1S/C35H44N6O4/c1-24(2)20-31-35(45)40(4)25(3)33(43)39-30(21-26-10-6-5-7-11-26)34(44)37-18-19-41(23-32(42)38-31)22-27-13-15-28(16-14-27)29-12-8-9-17-36-29/h5-17,24-25,30-31H,18-23H2,1-4H3,(H,37,44)(H,38,42)(H,39,43)/t25-,30-,31-/m0/s1. The molecule has 4 rings (SSSR count). The molecule has 0 bridgehead atoms. The van der Waals surface area contributed by atoms with Crippen LogP contribution in [0.15, 0.2) is 79.0 Å². The van der Waals surface area contributed by atoms with Gasteiger partial charge >= 0.3 is 0 Å². The number of carbonyl (C=O) groups is 4. The Bertz CT molecular complexity index is 1430. The van der Waals surface area contributed by atoms with E-state index in [1.807, 2.05) is 91.5 Å². The largest absolute Gasteiger partial charge is 0.353 e. The second-order valence-electron chi connectivity index (χ2n) is 12.0. The molecule has 3 atom stereocenters. The fraction of sp³-hybridized carbons (Fsp3) is 0.400. The molecule has 3 N–H and O–H groups in total. The van der Waals surface area contributed by atoms with Gasteiger partial charge in [0.05, 0.1) is 12.2 Å². The van der Waals surface area contributed by atoms with Crippen LogP contribution < -0.4 is 16.0 Å². The Morgan fingerprint density at radius 3 is 2.22 bits per heavy atom. The zero-order chi connectivity index (χ0) is 32.3. The van der Waals surface area contributed by atoms with Gasteiger partial charge in [0.25, 0.3) is 0 Å². The van der Waals surface area contributed by atoms with E-state index in [0.717, 1.165) is 22.4 Å². The number of hydrogen-bond acceptors (Lipinski definition) is 6. The summed E-state index contributed by atoms with van der Waals surface area (Å²) in [5.74, 6) is -1.29. The van der Waals surface area contributed by atoms with Gasteiger partial charge in [-0.3, -0.25) is 29.1 Å². The van der Waals surface area contributed by atoms with Crippen molar-refractivity contribution in [2.75, 3.05) is 26.7 Å². The molecule has 2 aromatic carbocycles. The third kappa shape index (κ3) is 9.71. The third-order valence-electron chi connectivity index (χ3n) is 7.98. The summed E-state index contributed by atoms with van der Waals surface area (Å²) in [5, 5.41) is 8.76. The molecule has 10 heteroatoms. The molecule has 4 amide bonds. The van der Waals surface area contributed by atoms with Crippen LogP contribution in [0.25, 0.3) is 11.3 Å². The molecule has 0 aliphatic carbocycles. The highest BCUT2D eigenvalue weighted by Gasteiger charge is 2.32. The molecule has 1 aromatic heterocycles. The fourth-order valence-electron chi connectivity index (χ4n) is 5.35. The monoisotopic (exact) mass is 612 g/mol. The summed E-state index contributed by atoms with van der Waals surface area (Å²) in [6.45, 7) is 6.72. The molecule has 0 unspecified atom stereocenters. The van der Waals surface area contributed by atoms with Crippen molar-refractivity contribution in [3.05, 3.63) is 90.1 Å². The Morgan fingerprint density at radius 2 is 1.56 bits per heavy atom.